The smallest absolute Gasteiger partial charge is 0.335 e. The number of carboxylic acids is 1. The maximum atomic E-state index is 13.8. The summed E-state index contributed by atoms with van der Waals surface area (Å²) >= 11 is 0. The van der Waals surface area contributed by atoms with Gasteiger partial charge in [-0.25, -0.2) is 9.18 Å². The predicted molar refractivity (Wildman–Crippen MR) is 75.1 cm³/mol. The number of carboxylic acid groups (broad SMARTS) is 1. The van der Waals surface area contributed by atoms with Gasteiger partial charge in [-0.2, -0.15) is 0 Å². The summed E-state index contributed by atoms with van der Waals surface area (Å²) in [4.78, 5) is 10.9. The number of methoxy groups -OCH3 is 1. The number of nitrogen functional groups attached to an aromatic ring is 1. The van der Waals surface area contributed by atoms with Crippen LogP contribution >= 0.6 is 0 Å². The second kappa shape index (κ2) is 6.13. The highest BCUT2D eigenvalue weighted by Crippen LogP contribution is 2.25. The zero-order valence-electron chi connectivity index (χ0n) is 11.3. The summed E-state index contributed by atoms with van der Waals surface area (Å²) in [5, 5.41) is 8.92. The van der Waals surface area contributed by atoms with E-state index in [1.807, 2.05) is 0 Å². The Morgan fingerprint density at radius 1 is 1.29 bits per heavy atom. The molecule has 110 valence electrons. The SMILES string of the molecule is COc1ccc(COc2cc(C(=O)O)ccc2N)c(F)c1. The van der Waals surface area contributed by atoms with Crippen molar-refractivity contribution in [2.45, 2.75) is 6.61 Å². The first-order valence-corrected chi connectivity index (χ1v) is 6.09. The molecule has 0 fully saturated rings. The topological polar surface area (TPSA) is 81.8 Å². The Morgan fingerprint density at radius 2 is 2.05 bits per heavy atom. The molecule has 2 rings (SSSR count). The number of nitrogens with two attached hydrogens (primary N) is 1. The van der Waals surface area contributed by atoms with Crippen LogP contribution in [0, 0.1) is 5.82 Å². The lowest BCUT2D eigenvalue weighted by Gasteiger charge is -2.11. The van der Waals surface area contributed by atoms with Crippen LogP contribution in [0.25, 0.3) is 0 Å². The molecule has 0 aliphatic carbocycles. The largest absolute Gasteiger partial charge is 0.497 e. The molecule has 0 aromatic heterocycles. The molecule has 0 bridgehead atoms. The van der Waals surface area contributed by atoms with Gasteiger partial charge < -0.3 is 20.3 Å². The summed E-state index contributed by atoms with van der Waals surface area (Å²) < 4.78 is 24.1. The molecule has 0 atom stereocenters. The van der Waals surface area contributed by atoms with E-state index < -0.39 is 11.8 Å². The van der Waals surface area contributed by atoms with Crippen molar-refractivity contribution in [1.82, 2.24) is 0 Å². The van der Waals surface area contributed by atoms with Crippen molar-refractivity contribution in [3.63, 3.8) is 0 Å². The lowest BCUT2D eigenvalue weighted by molar-refractivity contribution is 0.0696. The Labute approximate surface area is 120 Å². The number of aromatic carboxylic acids is 1. The zero-order valence-corrected chi connectivity index (χ0v) is 11.3. The van der Waals surface area contributed by atoms with Gasteiger partial charge in [-0.1, -0.05) is 0 Å². The molecule has 6 heteroatoms. The summed E-state index contributed by atoms with van der Waals surface area (Å²) in [7, 11) is 1.45. The zero-order chi connectivity index (χ0) is 15.4. The van der Waals surface area contributed by atoms with Crippen LogP contribution in [-0.4, -0.2) is 18.2 Å². The Hall–Kier alpha value is -2.76. The lowest BCUT2D eigenvalue weighted by Crippen LogP contribution is -2.03. The minimum absolute atomic E-state index is 0.0504. The number of benzene rings is 2. The number of hydrogen-bond donors (Lipinski definition) is 2. The van der Waals surface area contributed by atoms with Gasteiger partial charge in [-0.15, -0.1) is 0 Å². The van der Waals surface area contributed by atoms with Crippen LogP contribution < -0.4 is 15.2 Å². The molecule has 0 aliphatic heterocycles. The highest BCUT2D eigenvalue weighted by atomic mass is 19.1. The van der Waals surface area contributed by atoms with E-state index in [-0.39, 0.29) is 23.6 Å². The Kier molecular flexibility index (Phi) is 4.27. The van der Waals surface area contributed by atoms with Crippen LogP contribution in [0.2, 0.25) is 0 Å². The average molecular weight is 291 g/mol. The van der Waals surface area contributed by atoms with Gasteiger partial charge in [-0.3, -0.25) is 0 Å². The van der Waals surface area contributed by atoms with Gasteiger partial charge in [0.25, 0.3) is 0 Å². The van der Waals surface area contributed by atoms with E-state index in [4.69, 9.17) is 20.3 Å². The summed E-state index contributed by atoms with van der Waals surface area (Å²) in [6.45, 7) is -0.0664. The third kappa shape index (κ3) is 3.42. The number of hydrogen-bond acceptors (Lipinski definition) is 4. The van der Waals surface area contributed by atoms with Crippen molar-refractivity contribution in [1.29, 1.82) is 0 Å². The monoisotopic (exact) mass is 291 g/mol. The molecule has 0 heterocycles. The molecule has 2 aromatic carbocycles. The van der Waals surface area contributed by atoms with Crippen molar-refractivity contribution in [2.24, 2.45) is 0 Å². The second-order valence-corrected chi connectivity index (χ2v) is 4.30. The minimum atomic E-state index is -1.09. The molecule has 0 unspecified atom stereocenters. The van der Waals surface area contributed by atoms with E-state index in [2.05, 4.69) is 0 Å². The summed E-state index contributed by atoms with van der Waals surface area (Å²) in [5.74, 6) is -0.952. The predicted octanol–water partition coefficient (Wildman–Crippen LogP) is 2.69. The Balaban J connectivity index is 2.16. The van der Waals surface area contributed by atoms with Crippen molar-refractivity contribution < 1.29 is 23.8 Å². The van der Waals surface area contributed by atoms with Crippen LogP contribution in [0.5, 0.6) is 11.5 Å². The van der Waals surface area contributed by atoms with Crippen LogP contribution in [0.3, 0.4) is 0 Å². The fraction of sp³-hybridized carbons (Fsp3) is 0.133. The fourth-order valence-electron chi connectivity index (χ4n) is 1.72. The molecule has 0 saturated carbocycles. The molecule has 5 nitrogen and oxygen atoms in total. The molecular formula is C15H14FNO4. The third-order valence-electron chi connectivity index (χ3n) is 2.90. The van der Waals surface area contributed by atoms with Gasteiger partial charge in [-0.05, 0) is 30.3 Å². The van der Waals surface area contributed by atoms with Gasteiger partial charge >= 0.3 is 5.97 Å². The highest BCUT2D eigenvalue weighted by molar-refractivity contribution is 5.89. The molecule has 0 amide bonds. The highest BCUT2D eigenvalue weighted by Gasteiger charge is 2.10. The van der Waals surface area contributed by atoms with E-state index in [0.29, 0.717) is 11.3 Å². The van der Waals surface area contributed by atoms with E-state index >= 15 is 0 Å². The molecular weight excluding hydrogens is 277 g/mol. The first-order valence-electron chi connectivity index (χ1n) is 6.09. The quantitative estimate of drug-likeness (QED) is 0.828. The van der Waals surface area contributed by atoms with Crippen LogP contribution in [0.4, 0.5) is 10.1 Å². The van der Waals surface area contributed by atoms with Crippen molar-refractivity contribution >= 4 is 11.7 Å². The van der Waals surface area contributed by atoms with Gasteiger partial charge in [0.2, 0.25) is 0 Å². The average Bonchev–Trinajstić information content (AvgIpc) is 2.47. The Morgan fingerprint density at radius 3 is 2.67 bits per heavy atom. The van der Waals surface area contributed by atoms with E-state index in [1.165, 1.54) is 37.4 Å². The fourth-order valence-corrected chi connectivity index (χ4v) is 1.72. The lowest BCUT2D eigenvalue weighted by atomic mass is 10.2. The Bertz CT molecular complexity index is 673. The number of halogens is 1. The molecule has 3 N–H and O–H groups in total. The number of anilines is 1. The van der Waals surface area contributed by atoms with E-state index in [9.17, 15) is 9.18 Å². The van der Waals surface area contributed by atoms with E-state index in [1.54, 1.807) is 6.07 Å². The van der Waals surface area contributed by atoms with Gasteiger partial charge in [0.15, 0.2) is 0 Å². The second-order valence-electron chi connectivity index (χ2n) is 4.30. The number of ether oxygens (including phenoxy) is 2. The van der Waals surface area contributed by atoms with E-state index in [0.717, 1.165) is 0 Å². The van der Waals surface area contributed by atoms with Crippen molar-refractivity contribution in [3.05, 3.63) is 53.3 Å². The van der Waals surface area contributed by atoms with Crippen LogP contribution in [0.1, 0.15) is 15.9 Å². The normalized spacial score (nSPS) is 10.2. The molecule has 2 aromatic rings. The molecule has 0 spiro atoms. The van der Waals surface area contributed by atoms with Gasteiger partial charge in [0.1, 0.15) is 23.9 Å². The molecule has 0 radical (unpaired) electrons. The number of carbonyl (C=O) groups is 1. The summed E-state index contributed by atoms with van der Waals surface area (Å²) in [5.41, 5.74) is 6.36. The first-order chi connectivity index (χ1) is 10.0. The molecule has 0 saturated heterocycles. The summed E-state index contributed by atoms with van der Waals surface area (Å²) in [6.07, 6.45) is 0. The maximum Gasteiger partial charge on any atom is 0.335 e. The van der Waals surface area contributed by atoms with Crippen molar-refractivity contribution in [3.8, 4) is 11.5 Å². The van der Waals surface area contributed by atoms with Crippen LogP contribution in [0.15, 0.2) is 36.4 Å². The number of rotatable bonds is 5. The first kappa shape index (κ1) is 14.6. The third-order valence-corrected chi connectivity index (χ3v) is 2.90. The van der Waals surface area contributed by atoms with Crippen molar-refractivity contribution in [2.75, 3.05) is 12.8 Å². The molecule has 0 aliphatic rings. The van der Waals surface area contributed by atoms with Gasteiger partial charge in [0.05, 0.1) is 18.4 Å². The van der Waals surface area contributed by atoms with Gasteiger partial charge in [0, 0.05) is 11.6 Å². The molecule has 21 heavy (non-hydrogen) atoms. The summed E-state index contributed by atoms with van der Waals surface area (Å²) in [6, 6.07) is 8.50. The van der Waals surface area contributed by atoms with Crippen LogP contribution in [-0.2, 0) is 6.61 Å². The minimum Gasteiger partial charge on any atom is -0.497 e. The maximum absolute atomic E-state index is 13.8. The standard InChI is InChI=1S/C15H14FNO4/c1-20-11-4-2-10(12(16)7-11)8-21-14-6-9(15(18)19)3-5-13(14)17/h2-7H,8,17H2,1H3,(H,18,19).